The highest BCUT2D eigenvalue weighted by molar-refractivity contribution is 5.93. The Bertz CT molecular complexity index is 2400. The van der Waals surface area contributed by atoms with Crippen LogP contribution < -0.4 is 32.3 Å². The van der Waals surface area contributed by atoms with Crippen molar-refractivity contribution in [1.82, 2.24) is 36.4 Å². The molecule has 0 bridgehead atoms. The van der Waals surface area contributed by atoms with Crippen LogP contribution in [0, 0.1) is 21.7 Å². The number of hydrogen-bond donors (Lipinski definition) is 6. The van der Waals surface area contributed by atoms with Gasteiger partial charge >= 0.3 is 18.3 Å². The Hall–Kier alpha value is -5.91. The summed E-state index contributed by atoms with van der Waals surface area (Å²) in [6.07, 6.45) is 5.56. The molecule has 4 atom stereocenters. The van der Waals surface area contributed by atoms with Crippen LogP contribution in [0.5, 0.6) is 0 Å². The standard InChI is InChI=1S/2C19H26N2O3.C12H20N2O3.C7H12N2O/c2*1-17(2,3)24-16(23)20-18(4)13-21(15(22)19(18)10-11-19)12-14-8-6-5-7-9-14;1-10(2,3)17-9(16)14-11(4)7-13-8(15)12(11)5-6-12;1-6(8)4-9-5(10)7(6)2-3-7/h2*5-9H,10-13H2,1-4H3,(H,20,23);5-7H2,1-4H3,(H,13,15)(H,14,16);2-4,8H2,1H3,(H,9,10). The van der Waals surface area contributed by atoms with E-state index in [1.807, 2.05) is 160 Å². The molecule has 8 fully saturated rings. The van der Waals surface area contributed by atoms with Crippen molar-refractivity contribution < 1.29 is 47.8 Å². The fourth-order valence-corrected chi connectivity index (χ4v) is 11.5. The zero-order valence-electron chi connectivity index (χ0n) is 46.7. The fourth-order valence-electron chi connectivity index (χ4n) is 11.5. The van der Waals surface area contributed by atoms with Crippen LogP contribution in [0.4, 0.5) is 14.4 Å². The molecule has 4 heterocycles. The van der Waals surface area contributed by atoms with E-state index in [-0.39, 0.29) is 34.6 Å². The van der Waals surface area contributed by atoms with Crippen LogP contribution >= 0.6 is 0 Å². The van der Waals surface area contributed by atoms with Gasteiger partial charge in [0.05, 0.1) is 38.3 Å². The minimum absolute atomic E-state index is 0.0519. The second-order valence-electron chi connectivity index (χ2n) is 26.3. The molecule has 4 aliphatic heterocycles. The third kappa shape index (κ3) is 11.9. The number of rotatable bonds is 7. The number of nitrogens with two attached hydrogens (primary N) is 1. The first-order valence-electron chi connectivity index (χ1n) is 26.6. The predicted octanol–water partition coefficient (Wildman–Crippen LogP) is 6.98. The van der Waals surface area contributed by atoms with E-state index in [2.05, 4.69) is 26.6 Å². The normalized spacial score (nSPS) is 28.4. The number of carbonyl (C=O) groups is 7. The molecule has 7 N–H and O–H groups in total. The molecule has 18 heteroatoms. The Balaban J connectivity index is 0.000000152. The summed E-state index contributed by atoms with van der Waals surface area (Å²) < 4.78 is 16.0. The number of nitrogens with zero attached hydrogens (tertiary/aromatic N) is 2. The number of hydrogen-bond acceptors (Lipinski definition) is 11. The topological polar surface area (TPSA) is 240 Å². The highest BCUT2D eigenvalue weighted by atomic mass is 16.6. The lowest BCUT2D eigenvalue weighted by Gasteiger charge is -2.32. The Labute approximate surface area is 443 Å². The summed E-state index contributed by atoms with van der Waals surface area (Å²) in [5.41, 5.74) is 3.04. The van der Waals surface area contributed by atoms with Crippen LogP contribution in [0.15, 0.2) is 60.7 Å². The molecule has 4 aliphatic carbocycles. The molecule has 4 saturated carbocycles. The lowest BCUT2D eigenvalue weighted by molar-refractivity contribution is -0.133. The number of ether oxygens (including phenoxy) is 3. The zero-order chi connectivity index (χ0) is 55.5. The molecule has 8 aliphatic rings. The highest BCUT2D eigenvalue weighted by Gasteiger charge is 2.71. The van der Waals surface area contributed by atoms with Gasteiger partial charge < -0.3 is 56.3 Å². The van der Waals surface area contributed by atoms with Gasteiger partial charge in [-0.05, 0) is 153 Å². The van der Waals surface area contributed by atoms with Gasteiger partial charge in [0.25, 0.3) is 0 Å². The van der Waals surface area contributed by atoms with E-state index in [1.54, 1.807) is 0 Å². The van der Waals surface area contributed by atoms with Crippen molar-refractivity contribution >= 4 is 41.9 Å². The Morgan fingerprint density at radius 3 is 1.08 bits per heavy atom. The maximum Gasteiger partial charge on any atom is 0.408 e. The smallest absolute Gasteiger partial charge is 0.408 e. The molecule has 4 unspecified atom stereocenters. The lowest BCUT2D eigenvalue weighted by Crippen LogP contribution is -2.54. The second-order valence-corrected chi connectivity index (χ2v) is 26.3. The quantitative estimate of drug-likeness (QED) is 0.155. The first-order chi connectivity index (χ1) is 34.6. The fraction of sp³-hybridized carbons (Fsp3) is 0.667. The van der Waals surface area contributed by atoms with Crippen molar-refractivity contribution in [3.8, 4) is 0 Å². The van der Waals surface area contributed by atoms with Crippen molar-refractivity contribution in [2.45, 2.75) is 193 Å². The second kappa shape index (κ2) is 19.6. The molecule has 2 aromatic rings. The average Bonchev–Trinajstić information content (AvgIpc) is 4.11. The molecule has 412 valence electrons. The van der Waals surface area contributed by atoms with E-state index >= 15 is 0 Å². The molecule has 2 aromatic carbocycles. The highest BCUT2D eigenvalue weighted by Crippen LogP contribution is 2.61. The molecule has 0 aromatic heterocycles. The number of carbonyl (C=O) groups excluding carboxylic acids is 7. The Morgan fingerprint density at radius 2 is 0.800 bits per heavy atom. The number of nitrogens with one attached hydrogen (secondary N) is 5. The maximum atomic E-state index is 12.9. The Morgan fingerprint density at radius 1 is 0.493 bits per heavy atom. The Kier molecular flexibility index (Phi) is 14.8. The number of likely N-dealkylation sites (tertiary alicyclic amines) is 2. The van der Waals surface area contributed by atoms with Crippen LogP contribution in [0.2, 0.25) is 0 Å². The summed E-state index contributed by atoms with van der Waals surface area (Å²) in [6.45, 7) is 27.6. The number of benzene rings is 2. The van der Waals surface area contributed by atoms with Crippen molar-refractivity contribution in [3.05, 3.63) is 71.8 Å². The molecule has 18 nitrogen and oxygen atoms in total. The molecule has 4 spiro atoms. The third-order valence-corrected chi connectivity index (χ3v) is 16.5. The van der Waals surface area contributed by atoms with Crippen molar-refractivity contribution in [3.63, 3.8) is 0 Å². The molecular weight excluding hydrogens is 957 g/mol. The number of amides is 7. The van der Waals surface area contributed by atoms with Crippen molar-refractivity contribution in [2.24, 2.45) is 27.4 Å². The van der Waals surface area contributed by atoms with E-state index in [1.165, 1.54) is 0 Å². The van der Waals surface area contributed by atoms with Gasteiger partial charge in [0.2, 0.25) is 23.6 Å². The van der Waals surface area contributed by atoms with Crippen LogP contribution in [-0.2, 0) is 46.5 Å². The molecule has 75 heavy (non-hydrogen) atoms. The van der Waals surface area contributed by atoms with Gasteiger partial charge in [0.1, 0.15) is 16.8 Å². The van der Waals surface area contributed by atoms with Crippen molar-refractivity contribution in [2.75, 3.05) is 26.2 Å². The van der Waals surface area contributed by atoms with Gasteiger partial charge in [-0.15, -0.1) is 0 Å². The van der Waals surface area contributed by atoms with Crippen LogP contribution in [0.1, 0.15) is 153 Å². The molecular formula is C57H84N8O10. The summed E-state index contributed by atoms with van der Waals surface area (Å²) >= 11 is 0. The monoisotopic (exact) mass is 1040 g/mol. The molecule has 7 amide bonds. The van der Waals surface area contributed by atoms with E-state index in [9.17, 15) is 33.6 Å². The lowest BCUT2D eigenvalue weighted by atomic mass is 9.85. The predicted molar refractivity (Wildman–Crippen MR) is 282 cm³/mol. The van der Waals surface area contributed by atoms with Gasteiger partial charge in [-0.2, -0.15) is 0 Å². The van der Waals surface area contributed by atoms with Crippen LogP contribution in [0.3, 0.4) is 0 Å². The minimum Gasteiger partial charge on any atom is -0.444 e. The minimum atomic E-state index is -0.582. The summed E-state index contributed by atoms with van der Waals surface area (Å²) in [5.74, 6) is 0.503. The van der Waals surface area contributed by atoms with Crippen molar-refractivity contribution in [1.29, 1.82) is 0 Å². The van der Waals surface area contributed by atoms with Gasteiger partial charge in [0, 0.05) is 44.8 Å². The van der Waals surface area contributed by atoms with Crippen LogP contribution in [0.25, 0.3) is 0 Å². The molecule has 10 rings (SSSR count). The van der Waals surface area contributed by atoms with Gasteiger partial charge in [-0.3, -0.25) is 19.2 Å². The van der Waals surface area contributed by atoms with Gasteiger partial charge in [0.15, 0.2) is 0 Å². The maximum absolute atomic E-state index is 12.9. The molecule has 0 radical (unpaired) electrons. The summed E-state index contributed by atoms with van der Waals surface area (Å²) in [6, 6.07) is 19.9. The summed E-state index contributed by atoms with van der Waals surface area (Å²) in [4.78, 5) is 88.7. The number of alkyl carbamates (subject to hydrolysis) is 3. The summed E-state index contributed by atoms with van der Waals surface area (Å²) in [5, 5.41) is 14.4. The SMILES string of the molecule is CC(C)(C)OC(=O)NC1(C)CN(Cc2ccccc2)C(=O)C12CC2.CC(C)(C)OC(=O)NC1(C)CN(Cc2ccccc2)C(=O)C12CC2.CC(C)(C)OC(=O)NC1(C)CNC(=O)C12CC2.CC1(N)CNC(=O)C12CC2. The zero-order valence-corrected chi connectivity index (χ0v) is 46.7. The first-order valence-corrected chi connectivity index (χ1v) is 26.6. The van der Waals surface area contributed by atoms with Gasteiger partial charge in [-0.1, -0.05) is 60.7 Å². The van der Waals surface area contributed by atoms with Gasteiger partial charge in [-0.25, -0.2) is 14.4 Å². The summed E-state index contributed by atoms with van der Waals surface area (Å²) in [7, 11) is 0. The van der Waals surface area contributed by atoms with E-state index in [4.69, 9.17) is 19.9 Å². The largest absolute Gasteiger partial charge is 0.444 e. The van der Waals surface area contributed by atoms with E-state index in [0.717, 1.165) is 62.5 Å². The molecule has 4 saturated heterocycles. The first kappa shape index (κ1) is 56.8. The van der Waals surface area contributed by atoms with E-state index in [0.29, 0.717) is 39.3 Å². The third-order valence-electron chi connectivity index (χ3n) is 16.5. The van der Waals surface area contributed by atoms with Crippen LogP contribution in [-0.4, -0.2) is 117 Å². The average molecular weight is 1040 g/mol. The van der Waals surface area contributed by atoms with E-state index < -0.39 is 67.9 Å².